The number of carboxylic acids is 1. The maximum absolute atomic E-state index is 11.9. The summed E-state index contributed by atoms with van der Waals surface area (Å²) in [5.41, 5.74) is 3.13. The van der Waals surface area contributed by atoms with Crippen LogP contribution in [-0.2, 0) is 24.1 Å². The standard InChI is InChI=1S/C19H20O2/c20-18(21)19(12-10-15-6-2-1-3-7-15)13-11-16-8-4-5-9-17(16)14-19/h1-9H,10-14H2,(H,20,21). The molecule has 0 saturated heterocycles. The molecular formula is C19H20O2. The average Bonchev–Trinajstić information content (AvgIpc) is 2.53. The fourth-order valence-corrected chi connectivity index (χ4v) is 3.33. The molecule has 3 rings (SSSR count). The highest BCUT2D eigenvalue weighted by Crippen LogP contribution is 2.39. The van der Waals surface area contributed by atoms with Gasteiger partial charge in [0.05, 0.1) is 5.41 Å². The smallest absolute Gasteiger partial charge is 0.309 e. The first-order valence-corrected chi connectivity index (χ1v) is 7.54. The van der Waals surface area contributed by atoms with Crippen molar-refractivity contribution < 1.29 is 9.90 Å². The Labute approximate surface area is 125 Å². The number of fused-ring (bicyclic) bond motifs is 1. The summed E-state index contributed by atoms with van der Waals surface area (Å²) in [4.78, 5) is 11.9. The van der Waals surface area contributed by atoms with Crippen molar-refractivity contribution in [1.82, 2.24) is 0 Å². The van der Waals surface area contributed by atoms with Crippen LogP contribution < -0.4 is 0 Å². The van der Waals surface area contributed by atoms with Crippen LogP contribution in [0.5, 0.6) is 0 Å². The fourth-order valence-electron chi connectivity index (χ4n) is 3.33. The first kappa shape index (κ1) is 13.9. The molecule has 0 amide bonds. The summed E-state index contributed by atoms with van der Waals surface area (Å²) in [6.07, 6.45) is 3.81. The summed E-state index contributed by atoms with van der Waals surface area (Å²) in [7, 11) is 0. The molecule has 0 heterocycles. The summed E-state index contributed by atoms with van der Waals surface area (Å²) < 4.78 is 0. The van der Waals surface area contributed by atoms with Gasteiger partial charge in [-0.05, 0) is 48.8 Å². The summed E-state index contributed by atoms with van der Waals surface area (Å²) in [6.45, 7) is 0. The predicted octanol–water partition coefficient (Wildman–Crippen LogP) is 3.88. The third-order valence-electron chi connectivity index (χ3n) is 4.71. The number of aliphatic carboxylic acids is 1. The molecular weight excluding hydrogens is 260 g/mol. The van der Waals surface area contributed by atoms with Crippen LogP contribution in [0.25, 0.3) is 0 Å². The molecule has 0 saturated carbocycles. The van der Waals surface area contributed by atoms with Gasteiger partial charge in [-0.15, -0.1) is 0 Å². The van der Waals surface area contributed by atoms with Crippen molar-refractivity contribution in [3.05, 3.63) is 71.3 Å². The van der Waals surface area contributed by atoms with E-state index >= 15 is 0 Å². The molecule has 0 aromatic heterocycles. The third kappa shape index (κ3) is 2.85. The van der Waals surface area contributed by atoms with E-state index in [0.29, 0.717) is 12.8 Å². The molecule has 1 N–H and O–H groups in total. The predicted molar refractivity (Wildman–Crippen MR) is 83.3 cm³/mol. The summed E-state index contributed by atoms with van der Waals surface area (Å²) in [5, 5.41) is 9.79. The largest absolute Gasteiger partial charge is 0.481 e. The van der Waals surface area contributed by atoms with Crippen LogP contribution in [-0.4, -0.2) is 11.1 Å². The van der Waals surface area contributed by atoms with Crippen molar-refractivity contribution in [2.24, 2.45) is 5.41 Å². The van der Waals surface area contributed by atoms with E-state index in [2.05, 4.69) is 24.3 Å². The SMILES string of the molecule is O=C(O)C1(CCc2ccccc2)CCc2ccccc2C1. The number of hydrogen-bond acceptors (Lipinski definition) is 1. The zero-order chi connectivity index (χ0) is 14.7. The molecule has 2 aromatic rings. The Morgan fingerprint density at radius 2 is 1.67 bits per heavy atom. The molecule has 0 fully saturated rings. The first-order valence-electron chi connectivity index (χ1n) is 7.54. The van der Waals surface area contributed by atoms with Crippen molar-refractivity contribution in [2.45, 2.75) is 32.1 Å². The topological polar surface area (TPSA) is 37.3 Å². The number of benzene rings is 2. The highest BCUT2D eigenvalue weighted by atomic mass is 16.4. The summed E-state index contributed by atoms with van der Waals surface area (Å²) >= 11 is 0. The second kappa shape index (κ2) is 5.72. The monoisotopic (exact) mass is 280 g/mol. The minimum absolute atomic E-state index is 0.607. The minimum Gasteiger partial charge on any atom is -0.481 e. The third-order valence-corrected chi connectivity index (χ3v) is 4.71. The highest BCUT2D eigenvalue weighted by Gasteiger charge is 2.40. The van der Waals surface area contributed by atoms with Crippen molar-refractivity contribution in [2.75, 3.05) is 0 Å². The van der Waals surface area contributed by atoms with E-state index in [1.807, 2.05) is 30.3 Å². The molecule has 1 unspecified atom stereocenters. The molecule has 21 heavy (non-hydrogen) atoms. The van der Waals surface area contributed by atoms with Gasteiger partial charge in [-0.3, -0.25) is 4.79 Å². The molecule has 1 aliphatic rings. The van der Waals surface area contributed by atoms with Gasteiger partial charge in [0.2, 0.25) is 0 Å². The van der Waals surface area contributed by atoms with E-state index < -0.39 is 11.4 Å². The van der Waals surface area contributed by atoms with E-state index in [-0.39, 0.29) is 0 Å². The van der Waals surface area contributed by atoms with Crippen LogP contribution >= 0.6 is 0 Å². The van der Waals surface area contributed by atoms with Gasteiger partial charge in [0.1, 0.15) is 0 Å². The Morgan fingerprint density at radius 3 is 2.38 bits per heavy atom. The Bertz CT molecular complexity index is 633. The van der Waals surface area contributed by atoms with Crippen LogP contribution in [0.3, 0.4) is 0 Å². The van der Waals surface area contributed by atoms with Gasteiger partial charge in [0.25, 0.3) is 0 Å². The molecule has 2 heteroatoms. The molecule has 1 aliphatic carbocycles. The van der Waals surface area contributed by atoms with E-state index in [4.69, 9.17) is 0 Å². The van der Waals surface area contributed by atoms with Gasteiger partial charge in [-0.1, -0.05) is 54.6 Å². The lowest BCUT2D eigenvalue weighted by Gasteiger charge is -2.34. The Balaban J connectivity index is 1.80. The quantitative estimate of drug-likeness (QED) is 0.922. The molecule has 2 nitrogen and oxygen atoms in total. The van der Waals surface area contributed by atoms with Crippen molar-refractivity contribution in [3.63, 3.8) is 0 Å². The second-order valence-corrected chi connectivity index (χ2v) is 6.02. The lowest BCUT2D eigenvalue weighted by molar-refractivity contribution is -0.150. The van der Waals surface area contributed by atoms with Crippen LogP contribution in [0.4, 0.5) is 0 Å². The van der Waals surface area contributed by atoms with Crippen molar-refractivity contribution >= 4 is 5.97 Å². The van der Waals surface area contributed by atoms with Crippen LogP contribution in [0.15, 0.2) is 54.6 Å². The molecule has 1 atom stereocenters. The average molecular weight is 280 g/mol. The number of carboxylic acid groups (broad SMARTS) is 1. The zero-order valence-corrected chi connectivity index (χ0v) is 12.1. The number of rotatable bonds is 4. The van der Waals surface area contributed by atoms with E-state index in [0.717, 1.165) is 19.3 Å². The fraction of sp³-hybridized carbons (Fsp3) is 0.316. The van der Waals surface area contributed by atoms with Gasteiger partial charge in [0.15, 0.2) is 0 Å². The van der Waals surface area contributed by atoms with Gasteiger partial charge in [-0.25, -0.2) is 0 Å². The van der Waals surface area contributed by atoms with E-state index in [1.54, 1.807) is 0 Å². The molecule has 0 bridgehead atoms. The van der Waals surface area contributed by atoms with Crippen LogP contribution in [0.2, 0.25) is 0 Å². The molecule has 0 spiro atoms. The van der Waals surface area contributed by atoms with Gasteiger partial charge >= 0.3 is 5.97 Å². The van der Waals surface area contributed by atoms with E-state index in [1.165, 1.54) is 16.7 Å². The van der Waals surface area contributed by atoms with Gasteiger partial charge < -0.3 is 5.11 Å². The van der Waals surface area contributed by atoms with E-state index in [9.17, 15) is 9.90 Å². The minimum atomic E-state index is -0.645. The highest BCUT2D eigenvalue weighted by molar-refractivity contribution is 5.75. The Hall–Kier alpha value is -2.09. The van der Waals surface area contributed by atoms with Gasteiger partial charge in [-0.2, -0.15) is 0 Å². The maximum atomic E-state index is 11.9. The van der Waals surface area contributed by atoms with Crippen LogP contribution in [0, 0.1) is 5.41 Å². The zero-order valence-electron chi connectivity index (χ0n) is 12.1. The molecule has 2 aromatic carbocycles. The summed E-state index contributed by atoms with van der Waals surface area (Å²) in [5.74, 6) is -0.645. The lowest BCUT2D eigenvalue weighted by atomic mass is 9.68. The molecule has 0 radical (unpaired) electrons. The molecule has 108 valence electrons. The Morgan fingerprint density at radius 1 is 1.00 bits per heavy atom. The molecule has 0 aliphatic heterocycles. The number of carbonyl (C=O) groups is 1. The number of aryl methyl sites for hydroxylation is 2. The maximum Gasteiger partial charge on any atom is 0.309 e. The van der Waals surface area contributed by atoms with Crippen LogP contribution in [0.1, 0.15) is 29.5 Å². The summed E-state index contributed by atoms with van der Waals surface area (Å²) in [6, 6.07) is 18.4. The second-order valence-electron chi connectivity index (χ2n) is 6.02. The van der Waals surface area contributed by atoms with Gasteiger partial charge in [0, 0.05) is 0 Å². The lowest BCUT2D eigenvalue weighted by Crippen LogP contribution is -2.37. The Kier molecular flexibility index (Phi) is 3.78. The van der Waals surface area contributed by atoms with Crippen molar-refractivity contribution in [3.8, 4) is 0 Å². The van der Waals surface area contributed by atoms with Crippen molar-refractivity contribution in [1.29, 1.82) is 0 Å². The number of hydrogen-bond donors (Lipinski definition) is 1. The normalized spacial score (nSPS) is 20.8. The first-order chi connectivity index (χ1) is 10.2.